The second kappa shape index (κ2) is 7.47. The van der Waals surface area contributed by atoms with Crippen molar-refractivity contribution in [3.05, 3.63) is 54.1 Å². The predicted molar refractivity (Wildman–Crippen MR) is 80.5 cm³/mol. The van der Waals surface area contributed by atoms with E-state index in [9.17, 15) is 4.79 Å². The molecule has 1 aromatic heterocycles. The Morgan fingerprint density at radius 3 is 2.71 bits per heavy atom. The van der Waals surface area contributed by atoms with Gasteiger partial charge in [-0.25, -0.2) is 9.78 Å². The van der Waals surface area contributed by atoms with Crippen molar-refractivity contribution in [2.24, 2.45) is 5.92 Å². The summed E-state index contributed by atoms with van der Waals surface area (Å²) in [6, 6.07) is 9.45. The van der Waals surface area contributed by atoms with E-state index in [4.69, 9.17) is 4.74 Å². The summed E-state index contributed by atoms with van der Waals surface area (Å²) in [5.41, 5.74) is 0.964. The van der Waals surface area contributed by atoms with E-state index >= 15 is 0 Å². The van der Waals surface area contributed by atoms with Gasteiger partial charge in [0.15, 0.2) is 0 Å². The number of aromatic nitrogens is 2. The minimum Gasteiger partial charge on any atom is -0.445 e. The number of benzene rings is 1. The highest BCUT2D eigenvalue weighted by Crippen LogP contribution is 2.18. The van der Waals surface area contributed by atoms with Gasteiger partial charge in [0.25, 0.3) is 0 Å². The van der Waals surface area contributed by atoms with Gasteiger partial charge in [-0.2, -0.15) is 0 Å². The normalized spacial score (nSPS) is 12.1. The maximum Gasteiger partial charge on any atom is 0.408 e. The van der Waals surface area contributed by atoms with Crippen LogP contribution in [0.4, 0.5) is 4.79 Å². The first kappa shape index (κ1) is 15.1. The average Bonchev–Trinajstić information content (AvgIpc) is 2.99. The summed E-state index contributed by atoms with van der Waals surface area (Å²) in [5, 5.41) is 2.87. The molecule has 1 heterocycles. The molecule has 21 heavy (non-hydrogen) atoms. The Kier molecular flexibility index (Phi) is 5.37. The summed E-state index contributed by atoms with van der Waals surface area (Å²) < 4.78 is 5.25. The van der Waals surface area contributed by atoms with Crippen LogP contribution in [0.1, 0.15) is 37.7 Å². The van der Waals surface area contributed by atoms with Crippen LogP contribution >= 0.6 is 0 Å². The highest BCUT2D eigenvalue weighted by atomic mass is 16.5. The largest absolute Gasteiger partial charge is 0.445 e. The van der Waals surface area contributed by atoms with Crippen molar-refractivity contribution in [2.75, 3.05) is 0 Å². The first-order valence-corrected chi connectivity index (χ1v) is 7.11. The van der Waals surface area contributed by atoms with Crippen LogP contribution in [0.5, 0.6) is 0 Å². The summed E-state index contributed by atoms with van der Waals surface area (Å²) in [4.78, 5) is 19.2. The van der Waals surface area contributed by atoms with Crippen LogP contribution in [0.25, 0.3) is 0 Å². The van der Waals surface area contributed by atoms with Crippen molar-refractivity contribution in [2.45, 2.75) is 32.9 Å². The van der Waals surface area contributed by atoms with Crippen LogP contribution in [0.15, 0.2) is 42.7 Å². The number of amides is 1. The van der Waals surface area contributed by atoms with E-state index < -0.39 is 6.09 Å². The summed E-state index contributed by atoms with van der Waals surface area (Å²) in [7, 11) is 0. The fourth-order valence-corrected chi connectivity index (χ4v) is 2.09. The molecular formula is C16H21N3O2. The Hall–Kier alpha value is -2.30. The lowest BCUT2D eigenvalue weighted by atomic mass is 10.0. The van der Waals surface area contributed by atoms with E-state index in [1.54, 1.807) is 12.4 Å². The number of carbonyl (C=O) groups is 1. The lowest BCUT2D eigenvalue weighted by Crippen LogP contribution is -2.30. The fourth-order valence-electron chi connectivity index (χ4n) is 2.09. The zero-order valence-electron chi connectivity index (χ0n) is 12.4. The van der Waals surface area contributed by atoms with Crippen LogP contribution in [-0.4, -0.2) is 16.1 Å². The molecule has 112 valence electrons. The molecule has 1 amide bonds. The molecule has 0 spiro atoms. The topological polar surface area (TPSA) is 67.0 Å². The maximum absolute atomic E-state index is 11.9. The quantitative estimate of drug-likeness (QED) is 0.855. The molecule has 0 saturated carbocycles. The van der Waals surface area contributed by atoms with Gasteiger partial charge in [-0.05, 0) is 17.9 Å². The molecule has 5 heteroatoms. The number of alkyl carbamates (subject to hydrolysis) is 1. The minimum absolute atomic E-state index is 0.164. The third-order valence-electron chi connectivity index (χ3n) is 3.06. The molecule has 2 aromatic rings. The van der Waals surface area contributed by atoms with Crippen LogP contribution in [0, 0.1) is 5.92 Å². The molecule has 1 atom stereocenters. The van der Waals surface area contributed by atoms with Crippen molar-refractivity contribution in [1.29, 1.82) is 0 Å². The van der Waals surface area contributed by atoms with E-state index in [2.05, 4.69) is 29.1 Å². The number of H-pyrrole nitrogens is 1. The lowest BCUT2D eigenvalue weighted by Gasteiger charge is -2.18. The Morgan fingerprint density at radius 1 is 1.33 bits per heavy atom. The third kappa shape index (κ3) is 4.95. The molecule has 2 N–H and O–H groups in total. The summed E-state index contributed by atoms with van der Waals surface area (Å²) in [6.07, 6.45) is 3.80. The van der Waals surface area contributed by atoms with Gasteiger partial charge in [0, 0.05) is 12.4 Å². The molecule has 0 aliphatic carbocycles. The monoisotopic (exact) mass is 287 g/mol. The van der Waals surface area contributed by atoms with Crippen LogP contribution in [0.2, 0.25) is 0 Å². The molecular weight excluding hydrogens is 266 g/mol. The molecule has 0 aliphatic heterocycles. The summed E-state index contributed by atoms with van der Waals surface area (Å²) in [5.74, 6) is 1.19. The molecule has 0 fully saturated rings. The number of imidazole rings is 1. The number of carbonyl (C=O) groups excluding carboxylic acids is 1. The van der Waals surface area contributed by atoms with Gasteiger partial charge in [-0.15, -0.1) is 0 Å². The van der Waals surface area contributed by atoms with Crippen molar-refractivity contribution < 1.29 is 9.53 Å². The second-order valence-corrected chi connectivity index (χ2v) is 5.36. The van der Waals surface area contributed by atoms with Gasteiger partial charge >= 0.3 is 6.09 Å². The smallest absolute Gasteiger partial charge is 0.408 e. The zero-order valence-corrected chi connectivity index (χ0v) is 12.4. The highest BCUT2D eigenvalue weighted by molar-refractivity contribution is 5.67. The fraction of sp³-hybridized carbons (Fsp3) is 0.375. The maximum atomic E-state index is 11.9. The van der Waals surface area contributed by atoms with Gasteiger partial charge in [0.2, 0.25) is 0 Å². The van der Waals surface area contributed by atoms with Crippen LogP contribution in [-0.2, 0) is 11.3 Å². The SMILES string of the molecule is CC(C)C[C@H](NC(=O)OCc1ccccc1)c1ncc[nH]1. The number of nitrogens with zero attached hydrogens (tertiary/aromatic N) is 1. The lowest BCUT2D eigenvalue weighted by molar-refractivity contribution is 0.134. The molecule has 0 unspecified atom stereocenters. The molecule has 0 bridgehead atoms. The van der Waals surface area contributed by atoms with Crippen LogP contribution in [0.3, 0.4) is 0 Å². The molecule has 0 radical (unpaired) electrons. The van der Waals surface area contributed by atoms with Gasteiger partial charge in [-0.3, -0.25) is 0 Å². The van der Waals surface area contributed by atoms with Gasteiger partial charge in [0.1, 0.15) is 12.4 Å². The summed E-state index contributed by atoms with van der Waals surface area (Å²) >= 11 is 0. The Morgan fingerprint density at radius 2 is 2.10 bits per heavy atom. The van der Waals surface area contributed by atoms with E-state index in [1.165, 1.54) is 0 Å². The first-order valence-electron chi connectivity index (χ1n) is 7.11. The van der Waals surface area contributed by atoms with E-state index in [0.717, 1.165) is 17.8 Å². The van der Waals surface area contributed by atoms with Crippen molar-refractivity contribution in [3.63, 3.8) is 0 Å². The van der Waals surface area contributed by atoms with Gasteiger partial charge < -0.3 is 15.0 Å². The third-order valence-corrected chi connectivity index (χ3v) is 3.06. The molecule has 0 aliphatic rings. The molecule has 5 nitrogen and oxygen atoms in total. The predicted octanol–water partition coefficient (Wildman–Crippen LogP) is 3.42. The van der Waals surface area contributed by atoms with Crippen LogP contribution < -0.4 is 5.32 Å². The standard InChI is InChI=1S/C16H21N3O2/c1-12(2)10-14(15-17-8-9-18-15)19-16(20)21-11-13-6-4-3-5-7-13/h3-9,12,14H,10-11H2,1-2H3,(H,17,18)(H,19,20)/t14-/m0/s1. The summed E-state index contributed by atoms with van der Waals surface area (Å²) in [6.45, 7) is 4.47. The highest BCUT2D eigenvalue weighted by Gasteiger charge is 2.18. The van der Waals surface area contributed by atoms with Crippen molar-refractivity contribution >= 4 is 6.09 Å². The number of ether oxygens (including phenoxy) is 1. The Labute approximate surface area is 124 Å². The zero-order chi connectivity index (χ0) is 15.1. The van der Waals surface area contributed by atoms with E-state index in [1.807, 2.05) is 30.3 Å². The Bertz CT molecular complexity index is 538. The number of rotatable bonds is 6. The number of aromatic amines is 1. The molecule has 2 rings (SSSR count). The Balaban J connectivity index is 1.89. The average molecular weight is 287 g/mol. The minimum atomic E-state index is -0.430. The van der Waals surface area contributed by atoms with Gasteiger partial charge in [0.05, 0.1) is 6.04 Å². The van der Waals surface area contributed by atoms with Gasteiger partial charge in [-0.1, -0.05) is 44.2 Å². The molecule has 0 saturated heterocycles. The number of nitrogens with one attached hydrogen (secondary N) is 2. The second-order valence-electron chi connectivity index (χ2n) is 5.36. The number of hydrogen-bond donors (Lipinski definition) is 2. The van der Waals surface area contributed by atoms with Crippen molar-refractivity contribution in [1.82, 2.24) is 15.3 Å². The van der Waals surface area contributed by atoms with Crippen molar-refractivity contribution in [3.8, 4) is 0 Å². The molecule has 1 aromatic carbocycles. The first-order chi connectivity index (χ1) is 10.1. The van der Waals surface area contributed by atoms with E-state index in [0.29, 0.717) is 5.92 Å². The number of hydrogen-bond acceptors (Lipinski definition) is 3. The van der Waals surface area contributed by atoms with E-state index in [-0.39, 0.29) is 12.6 Å².